The van der Waals surface area contributed by atoms with Crippen LogP contribution in [-0.4, -0.2) is 14.6 Å². The Balaban J connectivity index is 1.53. The average molecular weight is 367 g/mol. The third-order valence-corrected chi connectivity index (χ3v) is 6.10. The van der Waals surface area contributed by atoms with Crippen LogP contribution < -0.4 is 5.56 Å². The van der Waals surface area contributed by atoms with E-state index in [4.69, 9.17) is 0 Å². The molecule has 2 aromatic carbocycles. The Kier molecular flexibility index (Phi) is 4.55. The summed E-state index contributed by atoms with van der Waals surface area (Å²) >= 11 is 3.27. The van der Waals surface area contributed by atoms with Crippen LogP contribution in [0.5, 0.6) is 0 Å². The Hall–Kier alpha value is -2.18. The van der Waals surface area contributed by atoms with Gasteiger partial charge in [0.25, 0.3) is 5.56 Å². The summed E-state index contributed by atoms with van der Waals surface area (Å²) in [4.78, 5) is 17.5. The van der Waals surface area contributed by atoms with Gasteiger partial charge in [-0.05, 0) is 22.8 Å². The van der Waals surface area contributed by atoms with E-state index >= 15 is 0 Å². The van der Waals surface area contributed by atoms with Gasteiger partial charge in [0, 0.05) is 17.6 Å². The highest BCUT2D eigenvalue weighted by Crippen LogP contribution is 2.24. The quantitative estimate of drug-likeness (QED) is 0.528. The minimum Gasteiger partial charge on any atom is -0.267 e. The molecule has 0 saturated heterocycles. The Morgan fingerprint density at radius 2 is 1.96 bits per heavy atom. The summed E-state index contributed by atoms with van der Waals surface area (Å²) in [5.41, 5.74) is 2.04. The van der Waals surface area contributed by atoms with Crippen LogP contribution in [0.1, 0.15) is 23.2 Å². The molecule has 126 valence electrons. The molecule has 4 aromatic rings. The summed E-state index contributed by atoms with van der Waals surface area (Å²) in [6.45, 7) is 2.03. The molecule has 2 heterocycles. The molecule has 0 aliphatic rings. The minimum absolute atomic E-state index is 0.0956. The van der Waals surface area contributed by atoms with Crippen molar-refractivity contribution >= 4 is 38.8 Å². The van der Waals surface area contributed by atoms with Crippen molar-refractivity contribution in [3.63, 3.8) is 0 Å². The highest BCUT2D eigenvalue weighted by Gasteiger charge is 2.08. The van der Waals surface area contributed by atoms with Crippen LogP contribution in [0.3, 0.4) is 0 Å². The lowest BCUT2D eigenvalue weighted by atomic mass is 10.1. The molecule has 0 fully saturated rings. The lowest BCUT2D eigenvalue weighted by Gasteiger charge is -2.06. The van der Waals surface area contributed by atoms with Crippen molar-refractivity contribution < 1.29 is 0 Å². The summed E-state index contributed by atoms with van der Waals surface area (Å²) in [6.07, 6.45) is 0.818. The van der Waals surface area contributed by atoms with E-state index in [-0.39, 0.29) is 5.56 Å². The number of rotatable bonds is 5. The maximum absolute atomic E-state index is 12.2. The van der Waals surface area contributed by atoms with Gasteiger partial charge in [0.05, 0.1) is 5.69 Å². The van der Waals surface area contributed by atoms with Crippen LogP contribution in [0, 0.1) is 0 Å². The Bertz CT molecular complexity index is 1100. The number of aromatic nitrogens is 3. The molecule has 6 heteroatoms. The predicted molar refractivity (Wildman–Crippen MR) is 105 cm³/mol. The number of aryl methyl sites for hydroxylation is 1. The Morgan fingerprint density at radius 3 is 2.84 bits per heavy atom. The molecule has 2 aromatic heterocycles. The Morgan fingerprint density at radius 1 is 1.12 bits per heavy atom. The fourth-order valence-corrected chi connectivity index (χ4v) is 4.59. The van der Waals surface area contributed by atoms with Gasteiger partial charge in [-0.25, -0.2) is 4.98 Å². The van der Waals surface area contributed by atoms with Crippen LogP contribution in [0.4, 0.5) is 0 Å². The third kappa shape index (κ3) is 3.32. The van der Waals surface area contributed by atoms with Crippen molar-refractivity contribution in [2.45, 2.75) is 24.9 Å². The van der Waals surface area contributed by atoms with E-state index in [1.54, 1.807) is 17.8 Å². The van der Waals surface area contributed by atoms with E-state index in [0.29, 0.717) is 10.7 Å². The molecule has 0 radical (unpaired) electrons. The van der Waals surface area contributed by atoms with Crippen molar-refractivity contribution in [2.24, 2.45) is 0 Å². The zero-order valence-corrected chi connectivity index (χ0v) is 15.4. The van der Waals surface area contributed by atoms with Gasteiger partial charge in [-0.1, -0.05) is 60.7 Å². The van der Waals surface area contributed by atoms with Crippen LogP contribution in [-0.2, 0) is 17.9 Å². The van der Waals surface area contributed by atoms with Gasteiger partial charge in [-0.15, -0.1) is 0 Å². The molecule has 4 rings (SSSR count). The van der Waals surface area contributed by atoms with E-state index in [2.05, 4.69) is 52.5 Å². The second-order valence-electron chi connectivity index (χ2n) is 5.76. The monoisotopic (exact) mass is 367 g/mol. The van der Waals surface area contributed by atoms with Crippen molar-refractivity contribution in [1.82, 2.24) is 14.6 Å². The second-order valence-corrected chi connectivity index (χ2v) is 7.79. The normalized spacial score (nSPS) is 11.4. The number of nitrogens with zero attached hydrogens (tertiary/aromatic N) is 3. The van der Waals surface area contributed by atoms with Gasteiger partial charge in [0.1, 0.15) is 5.01 Å². The fourth-order valence-electron chi connectivity index (χ4n) is 2.80. The van der Waals surface area contributed by atoms with E-state index in [0.717, 1.165) is 22.9 Å². The van der Waals surface area contributed by atoms with E-state index < -0.39 is 0 Å². The molecule has 0 spiro atoms. The van der Waals surface area contributed by atoms with Crippen LogP contribution >= 0.6 is 23.1 Å². The molecular formula is C19H17N3OS2. The average Bonchev–Trinajstić information content (AvgIpc) is 3.06. The first-order chi connectivity index (χ1) is 12.2. The number of hydrogen-bond donors (Lipinski definition) is 0. The van der Waals surface area contributed by atoms with Crippen molar-refractivity contribution in [1.29, 1.82) is 0 Å². The van der Waals surface area contributed by atoms with Crippen molar-refractivity contribution in [2.75, 3.05) is 0 Å². The summed E-state index contributed by atoms with van der Waals surface area (Å²) in [5.74, 6) is 1.61. The molecule has 0 saturated carbocycles. The summed E-state index contributed by atoms with van der Waals surface area (Å²) < 4.78 is 1.41. The van der Waals surface area contributed by atoms with E-state index in [9.17, 15) is 4.79 Å². The maximum atomic E-state index is 12.2. The number of hydrogen-bond acceptors (Lipinski definition) is 5. The molecule has 0 aliphatic carbocycles. The fraction of sp³-hybridized carbons (Fsp3) is 0.211. The largest absolute Gasteiger partial charge is 0.275 e. The first-order valence-corrected chi connectivity index (χ1v) is 10.1. The highest BCUT2D eigenvalue weighted by atomic mass is 32.2. The smallest absolute Gasteiger partial charge is 0.267 e. The maximum Gasteiger partial charge on any atom is 0.275 e. The topological polar surface area (TPSA) is 47.3 Å². The van der Waals surface area contributed by atoms with E-state index in [1.807, 2.05) is 6.92 Å². The van der Waals surface area contributed by atoms with Gasteiger partial charge < -0.3 is 0 Å². The van der Waals surface area contributed by atoms with Crippen LogP contribution in [0.15, 0.2) is 53.3 Å². The van der Waals surface area contributed by atoms with Crippen molar-refractivity contribution in [3.05, 3.63) is 75.1 Å². The van der Waals surface area contributed by atoms with Gasteiger partial charge in [-0.2, -0.15) is 21.4 Å². The summed E-state index contributed by atoms with van der Waals surface area (Å²) in [7, 11) is 0. The molecule has 0 N–H and O–H groups in total. The Labute approximate surface area is 153 Å². The lowest BCUT2D eigenvalue weighted by Crippen LogP contribution is -2.15. The van der Waals surface area contributed by atoms with Crippen molar-refractivity contribution in [3.8, 4) is 0 Å². The highest BCUT2D eigenvalue weighted by molar-refractivity contribution is 7.97. The molecular weight excluding hydrogens is 350 g/mol. The number of benzene rings is 2. The SMILES string of the molecule is CCc1nn2c(=O)cc(CSCc3cccc4ccccc34)nc2s1. The third-order valence-electron chi connectivity index (χ3n) is 4.03. The number of fused-ring (bicyclic) bond motifs is 2. The zero-order valence-electron chi connectivity index (χ0n) is 13.8. The van der Waals surface area contributed by atoms with Gasteiger partial charge in [-0.3, -0.25) is 4.79 Å². The standard InChI is InChI=1S/C19H17N3OS2/c1-2-17-21-22-18(23)10-15(20-19(22)25-17)12-24-11-14-8-5-7-13-6-3-4-9-16(13)14/h3-10H,2,11-12H2,1H3. The van der Waals surface area contributed by atoms with Gasteiger partial charge in [0.15, 0.2) is 0 Å². The molecule has 4 nitrogen and oxygen atoms in total. The second kappa shape index (κ2) is 6.98. The van der Waals surface area contributed by atoms with Crippen LogP contribution in [0.25, 0.3) is 15.7 Å². The van der Waals surface area contributed by atoms with E-state index in [1.165, 1.54) is 32.2 Å². The van der Waals surface area contributed by atoms with Gasteiger partial charge in [0.2, 0.25) is 4.96 Å². The zero-order chi connectivity index (χ0) is 17.2. The van der Waals surface area contributed by atoms with Crippen LogP contribution in [0.2, 0.25) is 0 Å². The first-order valence-electron chi connectivity index (χ1n) is 8.17. The molecule has 0 aliphatic heterocycles. The lowest BCUT2D eigenvalue weighted by molar-refractivity contribution is 0.852. The predicted octanol–water partition coefficient (Wildman–Crippen LogP) is 4.30. The first kappa shape index (κ1) is 16.3. The van der Waals surface area contributed by atoms with Gasteiger partial charge >= 0.3 is 0 Å². The summed E-state index contributed by atoms with van der Waals surface area (Å²) in [6, 6.07) is 16.4. The molecule has 0 bridgehead atoms. The number of thioether (sulfide) groups is 1. The molecule has 25 heavy (non-hydrogen) atoms. The molecule has 0 amide bonds. The summed E-state index contributed by atoms with van der Waals surface area (Å²) in [5, 5.41) is 7.77. The minimum atomic E-state index is -0.0956. The molecule has 0 atom stereocenters. The molecule has 0 unspecified atom stereocenters.